The molecule has 0 atom stereocenters. The summed E-state index contributed by atoms with van der Waals surface area (Å²) in [6, 6.07) is 5.38. The number of nitrogens with zero attached hydrogens (tertiary/aromatic N) is 2. The van der Waals surface area contributed by atoms with Gasteiger partial charge in [0.2, 0.25) is 12.3 Å². The van der Waals surface area contributed by atoms with E-state index < -0.39 is 30.0 Å². The number of carbonyl (C=O) groups is 3. The standard InChI is InChI=1S/C25H29ClF2N4O7S/c1-25(2,28)21(31-15-33)13-22(34)32(29)18-12-20(16(26)11-17(18)27)40-19-5-4-6-30-24(19)39-14-23(35)38-10-9-37-8-7-36-3/h4-6,11-13,15H,7-10,14,29H2,1-3H3,(H,31,33)/b21-13-. The highest BCUT2D eigenvalue weighted by molar-refractivity contribution is 7.99. The number of rotatable bonds is 16. The van der Waals surface area contributed by atoms with Gasteiger partial charge in [-0.3, -0.25) is 9.59 Å². The summed E-state index contributed by atoms with van der Waals surface area (Å²) in [4.78, 5) is 40.2. The van der Waals surface area contributed by atoms with Crippen LogP contribution in [0.15, 0.2) is 52.0 Å². The lowest BCUT2D eigenvalue weighted by atomic mass is 10.1. The Labute approximate surface area is 238 Å². The van der Waals surface area contributed by atoms with E-state index >= 15 is 0 Å². The predicted molar refractivity (Wildman–Crippen MR) is 143 cm³/mol. The van der Waals surface area contributed by atoms with Crippen molar-refractivity contribution >= 4 is 47.3 Å². The minimum atomic E-state index is -2.09. The summed E-state index contributed by atoms with van der Waals surface area (Å²) in [5.74, 6) is 3.31. The van der Waals surface area contributed by atoms with Crippen LogP contribution in [0.1, 0.15) is 13.8 Å². The number of carbonyl (C=O) groups excluding carboxylic acids is 3. The van der Waals surface area contributed by atoms with Crippen LogP contribution in [0, 0.1) is 5.82 Å². The topological polar surface area (TPSA) is 142 Å². The maximum atomic E-state index is 14.7. The van der Waals surface area contributed by atoms with E-state index in [0.717, 1.165) is 37.8 Å². The van der Waals surface area contributed by atoms with Crippen molar-refractivity contribution in [2.24, 2.45) is 5.84 Å². The molecule has 2 rings (SSSR count). The molecule has 40 heavy (non-hydrogen) atoms. The molecule has 2 aromatic rings. The number of pyridine rings is 1. The summed E-state index contributed by atoms with van der Waals surface area (Å²) < 4.78 is 49.6. The Hall–Kier alpha value is -3.30. The van der Waals surface area contributed by atoms with Crippen LogP contribution in [0.25, 0.3) is 0 Å². The number of aromatic nitrogens is 1. The molecule has 3 N–H and O–H groups in total. The number of ether oxygens (including phenoxy) is 4. The van der Waals surface area contributed by atoms with Crippen molar-refractivity contribution < 1.29 is 42.1 Å². The summed E-state index contributed by atoms with van der Waals surface area (Å²) in [5, 5.41) is 2.53. The highest BCUT2D eigenvalue weighted by Gasteiger charge is 2.25. The molecule has 0 radical (unpaired) electrons. The fourth-order valence-corrected chi connectivity index (χ4v) is 4.03. The van der Waals surface area contributed by atoms with Crippen molar-refractivity contribution in [3.8, 4) is 5.88 Å². The third-order valence-corrected chi connectivity index (χ3v) is 6.34. The van der Waals surface area contributed by atoms with Gasteiger partial charge in [0.05, 0.1) is 41.1 Å². The average molecular weight is 603 g/mol. The second kappa shape index (κ2) is 16.1. The van der Waals surface area contributed by atoms with Crippen LogP contribution in [0.2, 0.25) is 5.02 Å². The third kappa shape index (κ3) is 10.4. The summed E-state index contributed by atoms with van der Waals surface area (Å²) in [6.07, 6.45) is 2.38. The van der Waals surface area contributed by atoms with Crippen molar-refractivity contribution in [1.29, 1.82) is 0 Å². The molecule has 0 saturated carbocycles. The zero-order chi connectivity index (χ0) is 29.7. The number of amides is 2. The van der Waals surface area contributed by atoms with Gasteiger partial charge in [0, 0.05) is 24.3 Å². The Morgan fingerprint density at radius 3 is 2.62 bits per heavy atom. The van der Waals surface area contributed by atoms with E-state index in [1.807, 2.05) is 0 Å². The number of methoxy groups -OCH3 is 1. The maximum absolute atomic E-state index is 14.7. The van der Waals surface area contributed by atoms with Gasteiger partial charge in [-0.25, -0.2) is 29.4 Å². The number of nitrogens with two attached hydrogens (primary N) is 1. The van der Waals surface area contributed by atoms with Gasteiger partial charge in [0.25, 0.3) is 5.91 Å². The van der Waals surface area contributed by atoms with Crippen LogP contribution in [0.4, 0.5) is 14.5 Å². The van der Waals surface area contributed by atoms with Crippen molar-refractivity contribution in [2.45, 2.75) is 29.3 Å². The molecule has 0 bridgehead atoms. The van der Waals surface area contributed by atoms with E-state index in [2.05, 4.69) is 10.3 Å². The van der Waals surface area contributed by atoms with Crippen LogP contribution in [0.3, 0.4) is 0 Å². The molecule has 0 saturated heterocycles. The van der Waals surface area contributed by atoms with E-state index in [1.165, 1.54) is 12.3 Å². The second-order valence-corrected chi connectivity index (χ2v) is 9.75. The number of anilines is 1. The van der Waals surface area contributed by atoms with Gasteiger partial charge in [-0.2, -0.15) is 0 Å². The Balaban J connectivity index is 2.15. The monoisotopic (exact) mass is 602 g/mol. The molecular weight excluding hydrogens is 574 g/mol. The molecular formula is C25H29ClF2N4O7S. The van der Waals surface area contributed by atoms with Crippen LogP contribution < -0.4 is 20.9 Å². The summed E-state index contributed by atoms with van der Waals surface area (Å²) in [7, 11) is 1.54. The smallest absolute Gasteiger partial charge is 0.344 e. The third-order valence-electron chi connectivity index (χ3n) is 4.83. The van der Waals surface area contributed by atoms with E-state index in [4.69, 9.17) is 36.4 Å². The quantitative estimate of drug-likeness (QED) is 0.0559. The van der Waals surface area contributed by atoms with E-state index in [0.29, 0.717) is 23.1 Å². The van der Waals surface area contributed by atoms with E-state index in [1.54, 1.807) is 19.2 Å². The number of nitrogens with one attached hydrogen (secondary N) is 1. The number of allylic oxidation sites excluding steroid dienone is 1. The molecule has 1 aromatic carbocycles. The van der Waals surface area contributed by atoms with Gasteiger partial charge in [-0.15, -0.1) is 0 Å². The Morgan fingerprint density at radius 1 is 1.23 bits per heavy atom. The number of alkyl halides is 1. The molecule has 0 unspecified atom stereocenters. The minimum absolute atomic E-state index is 0.0153. The fraction of sp³-hybridized carbons (Fsp3) is 0.360. The maximum Gasteiger partial charge on any atom is 0.344 e. The molecule has 0 aliphatic carbocycles. The summed E-state index contributed by atoms with van der Waals surface area (Å²) in [5.41, 5.74) is -2.84. The van der Waals surface area contributed by atoms with E-state index in [-0.39, 0.29) is 46.8 Å². The molecule has 218 valence electrons. The summed E-state index contributed by atoms with van der Waals surface area (Å²) in [6.45, 7) is 2.81. The number of hydrogen-bond acceptors (Lipinski definition) is 10. The van der Waals surface area contributed by atoms with Crippen molar-refractivity contribution in [1.82, 2.24) is 10.3 Å². The van der Waals surface area contributed by atoms with Crippen molar-refractivity contribution in [3.63, 3.8) is 0 Å². The minimum Gasteiger partial charge on any atom is -0.465 e. The first-order chi connectivity index (χ1) is 19.0. The van der Waals surface area contributed by atoms with Gasteiger partial charge < -0.3 is 24.3 Å². The van der Waals surface area contributed by atoms with Gasteiger partial charge in [-0.1, -0.05) is 23.4 Å². The molecule has 15 heteroatoms. The summed E-state index contributed by atoms with van der Waals surface area (Å²) >= 11 is 7.24. The zero-order valence-corrected chi connectivity index (χ0v) is 23.5. The van der Waals surface area contributed by atoms with Crippen LogP contribution in [-0.2, 0) is 28.6 Å². The first kappa shape index (κ1) is 32.9. The highest BCUT2D eigenvalue weighted by atomic mass is 35.5. The normalized spacial score (nSPS) is 11.6. The molecule has 0 aliphatic heterocycles. The zero-order valence-electron chi connectivity index (χ0n) is 21.9. The molecule has 0 spiro atoms. The second-order valence-electron chi connectivity index (χ2n) is 8.26. The number of benzene rings is 1. The van der Waals surface area contributed by atoms with Crippen LogP contribution in [-0.4, -0.2) is 69.1 Å². The molecule has 0 aliphatic rings. The van der Waals surface area contributed by atoms with E-state index in [9.17, 15) is 23.2 Å². The first-order valence-corrected chi connectivity index (χ1v) is 12.8. The van der Waals surface area contributed by atoms with Crippen molar-refractivity contribution in [3.05, 3.63) is 53.1 Å². The van der Waals surface area contributed by atoms with Gasteiger partial charge >= 0.3 is 5.97 Å². The lowest BCUT2D eigenvalue weighted by molar-refractivity contribution is -0.147. The number of hydrogen-bond donors (Lipinski definition) is 2. The molecule has 0 fully saturated rings. The largest absolute Gasteiger partial charge is 0.465 e. The highest BCUT2D eigenvalue weighted by Crippen LogP contribution is 2.40. The lowest BCUT2D eigenvalue weighted by Crippen LogP contribution is -2.39. The fourth-order valence-electron chi connectivity index (χ4n) is 2.85. The molecule has 2 amide bonds. The Morgan fingerprint density at radius 2 is 1.95 bits per heavy atom. The molecule has 1 heterocycles. The molecule has 1 aromatic heterocycles. The molecule has 11 nitrogen and oxygen atoms in total. The van der Waals surface area contributed by atoms with Crippen molar-refractivity contribution in [2.75, 3.05) is 45.2 Å². The average Bonchev–Trinajstić information content (AvgIpc) is 2.90. The number of esters is 1. The number of hydrazine groups is 1. The first-order valence-electron chi connectivity index (χ1n) is 11.6. The lowest BCUT2D eigenvalue weighted by Gasteiger charge is -2.21. The van der Waals surface area contributed by atoms with Gasteiger partial charge in [0.1, 0.15) is 18.1 Å². The SMILES string of the molecule is COCCOCCOC(=O)COc1ncccc1Sc1cc(N(N)C(=O)/C=C(\NC=O)C(C)(C)F)c(F)cc1Cl. The Kier molecular flexibility index (Phi) is 13.2. The Bertz CT molecular complexity index is 1210. The van der Waals surface area contributed by atoms with Crippen LogP contribution >= 0.6 is 23.4 Å². The van der Waals surface area contributed by atoms with Gasteiger partial charge in [-0.05, 0) is 38.1 Å². The van der Waals surface area contributed by atoms with Gasteiger partial charge in [0.15, 0.2) is 6.61 Å². The van der Waals surface area contributed by atoms with Crippen LogP contribution in [0.5, 0.6) is 5.88 Å². The predicted octanol–water partition coefficient (Wildman–Crippen LogP) is 3.20. The number of halogens is 3.